The molecule has 0 spiro atoms. The van der Waals surface area contributed by atoms with Crippen LogP contribution in [-0.4, -0.2) is 24.8 Å². The predicted molar refractivity (Wildman–Crippen MR) is 46.9 cm³/mol. The smallest absolute Gasteiger partial charge is 0.334 e. The number of methoxy groups -OCH3 is 1. The Labute approximate surface area is 74.0 Å². The summed E-state index contributed by atoms with van der Waals surface area (Å²) in [7, 11) is 1.37. The van der Waals surface area contributed by atoms with E-state index in [0.29, 0.717) is 6.42 Å². The lowest BCUT2D eigenvalue weighted by molar-refractivity contribution is -0.163. The van der Waals surface area contributed by atoms with Crippen LogP contribution < -0.4 is 0 Å². The van der Waals surface area contributed by atoms with E-state index < -0.39 is 6.10 Å². The SMILES string of the molecule is CCC(OC(C)(C)C)C(=O)OC. The third-order valence-corrected chi connectivity index (χ3v) is 1.33. The largest absolute Gasteiger partial charge is 0.467 e. The molecule has 0 radical (unpaired) electrons. The summed E-state index contributed by atoms with van der Waals surface area (Å²) in [4.78, 5) is 11.1. The highest BCUT2D eigenvalue weighted by Crippen LogP contribution is 2.13. The zero-order valence-electron chi connectivity index (χ0n) is 8.51. The minimum absolute atomic E-state index is 0.297. The van der Waals surface area contributed by atoms with Gasteiger partial charge < -0.3 is 9.47 Å². The van der Waals surface area contributed by atoms with Crippen LogP contribution in [0.25, 0.3) is 0 Å². The number of esters is 1. The molecule has 0 saturated carbocycles. The second-order valence-corrected chi connectivity index (χ2v) is 3.65. The van der Waals surface area contributed by atoms with E-state index >= 15 is 0 Å². The first-order chi connectivity index (χ1) is 5.40. The normalized spacial score (nSPS) is 14.1. The molecular formula is C9H18O3. The molecule has 0 aliphatic carbocycles. The van der Waals surface area contributed by atoms with Crippen molar-refractivity contribution in [2.45, 2.75) is 45.8 Å². The average molecular weight is 174 g/mol. The Morgan fingerprint density at radius 1 is 1.42 bits per heavy atom. The van der Waals surface area contributed by atoms with E-state index in [-0.39, 0.29) is 11.6 Å². The van der Waals surface area contributed by atoms with Crippen LogP contribution >= 0.6 is 0 Å². The summed E-state index contributed by atoms with van der Waals surface area (Å²) in [5, 5.41) is 0. The topological polar surface area (TPSA) is 35.5 Å². The van der Waals surface area contributed by atoms with Crippen molar-refractivity contribution in [3.8, 4) is 0 Å². The number of hydrogen-bond acceptors (Lipinski definition) is 3. The first-order valence-electron chi connectivity index (χ1n) is 4.16. The quantitative estimate of drug-likeness (QED) is 0.611. The van der Waals surface area contributed by atoms with Crippen LogP contribution in [0.3, 0.4) is 0 Å². The van der Waals surface area contributed by atoms with Gasteiger partial charge in [0.05, 0.1) is 12.7 Å². The lowest BCUT2D eigenvalue weighted by atomic mass is 10.1. The summed E-state index contributed by atoms with van der Waals surface area (Å²) >= 11 is 0. The summed E-state index contributed by atoms with van der Waals surface area (Å²) in [5.74, 6) is -0.299. The average Bonchev–Trinajstić information content (AvgIpc) is 1.97. The Kier molecular flexibility index (Phi) is 4.24. The van der Waals surface area contributed by atoms with Gasteiger partial charge in [-0.3, -0.25) is 0 Å². The van der Waals surface area contributed by atoms with Crippen molar-refractivity contribution < 1.29 is 14.3 Å². The number of hydrogen-bond donors (Lipinski definition) is 0. The lowest BCUT2D eigenvalue weighted by Crippen LogP contribution is -2.33. The number of rotatable bonds is 3. The second kappa shape index (κ2) is 4.45. The van der Waals surface area contributed by atoms with Crippen molar-refractivity contribution in [1.82, 2.24) is 0 Å². The van der Waals surface area contributed by atoms with Crippen molar-refractivity contribution in [3.63, 3.8) is 0 Å². The standard InChI is InChI=1S/C9H18O3/c1-6-7(8(10)11-5)12-9(2,3)4/h7H,6H2,1-5H3. The molecule has 0 aromatic heterocycles. The number of ether oxygens (including phenoxy) is 2. The molecule has 0 rings (SSSR count). The van der Waals surface area contributed by atoms with Crippen LogP contribution in [0.5, 0.6) is 0 Å². The van der Waals surface area contributed by atoms with Gasteiger partial charge in [0, 0.05) is 0 Å². The minimum atomic E-state index is -0.435. The third kappa shape index (κ3) is 4.34. The fourth-order valence-electron chi connectivity index (χ4n) is 0.856. The van der Waals surface area contributed by atoms with Gasteiger partial charge in [0.1, 0.15) is 0 Å². The van der Waals surface area contributed by atoms with E-state index in [0.717, 1.165) is 0 Å². The van der Waals surface area contributed by atoms with Crippen molar-refractivity contribution in [2.75, 3.05) is 7.11 Å². The fraction of sp³-hybridized carbons (Fsp3) is 0.889. The maximum atomic E-state index is 11.1. The van der Waals surface area contributed by atoms with Crippen LogP contribution in [0.2, 0.25) is 0 Å². The van der Waals surface area contributed by atoms with E-state index in [4.69, 9.17) is 4.74 Å². The van der Waals surface area contributed by atoms with Gasteiger partial charge >= 0.3 is 5.97 Å². The van der Waals surface area contributed by atoms with Gasteiger partial charge in [-0.05, 0) is 27.2 Å². The summed E-state index contributed by atoms with van der Waals surface area (Å²) < 4.78 is 10.1. The first kappa shape index (κ1) is 11.4. The Morgan fingerprint density at radius 2 is 1.92 bits per heavy atom. The molecule has 0 fully saturated rings. The fourth-order valence-corrected chi connectivity index (χ4v) is 0.856. The van der Waals surface area contributed by atoms with Crippen molar-refractivity contribution in [2.24, 2.45) is 0 Å². The van der Waals surface area contributed by atoms with Gasteiger partial charge in [-0.25, -0.2) is 4.79 Å². The number of carbonyl (C=O) groups excluding carboxylic acids is 1. The van der Waals surface area contributed by atoms with Crippen LogP contribution in [0.1, 0.15) is 34.1 Å². The Balaban J connectivity index is 4.09. The van der Waals surface area contributed by atoms with Gasteiger partial charge in [-0.2, -0.15) is 0 Å². The third-order valence-electron chi connectivity index (χ3n) is 1.33. The van der Waals surface area contributed by atoms with Crippen molar-refractivity contribution in [3.05, 3.63) is 0 Å². The highest BCUT2D eigenvalue weighted by molar-refractivity contribution is 5.74. The molecule has 3 heteroatoms. The Bertz CT molecular complexity index is 146. The summed E-state index contributed by atoms with van der Waals surface area (Å²) in [6.45, 7) is 7.64. The lowest BCUT2D eigenvalue weighted by Gasteiger charge is -2.24. The van der Waals surface area contributed by atoms with Crippen molar-refractivity contribution in [1.29, 1.82) is 0 Å². The molecule has 0 aromatic rings. The van der Waals surface area contributed by atoms with Crippen LogP contribution in [-0.2, 0) is 14.3 Å². The highest BCUT2D eigenvalue weighted by atomic mass is 16.6. The molecule has 0 saturated heterocycles. The molecule has 12 heavy (non-hydrogen) atoms. The van der Waals surface area contributed by atoms with Crippen LogP contribution in [0.15, 0.2) is 0 Å². The molecular weight excluding hydrogens is 156 g/mol. The van der Waals surface area contributed by atoms with Gasteiger partial charge in [0.15, 0.2) is 6.10 Å². The summed E-state index contributed by atoms with van der Waals surface area (Å²) in [6.07, 6.45) is 0.208. The highest BCUT2D eigenvalue weighted by Gasteiger charge is 2.23. The molecule has 72 valence electrons. The van der Waals surface area contributed by atoms with Gasteiger partial charge in [-0.1, -0.05) is 6.92 Å². The Hall–Kier alpha value is -0.570. The first-order valence-corrected chi connectivity index (χ1v) is 4.16. The molecule has 3 nitrogen and oxygen atoms in total. The van der Waals surface area contributed by atoms with E-state index in [9.17, 15) is 4.79 Å². The molecule has 0 aliphatic rings. The van der Waals surface area contributed by atoms with E-state index in [1.807, 2.05) is 27.7 Å². The second-order valence-electron chi connectivity index (χ2n) is 3.65. The maximum Gasteiger partial charge on any atom is 0.334 e. The molecule has 0 N–H and O–H groups in total. The molecule has 0 amide bonds. The van der Waals surface area contributed by atoms with E-state index in [1.165, 1.54) is 7.11 Å². The van der Waals surface area contributed by atoms with E-state index in [1.54, 1.807) is 0 Å². The zero-order chi connectivity index (χ0) is 9.78. The van der Waals surface area contributed by atoms with Crippen LogP contribution in [0, 0.1) is 0 Å². The molecule has 0 heterocycles. The monoisotopic (exact) mass is 174 g/mol. The molecule has 0 aromatic carbocycles. The molecule has 0 bridgehead atoms. The molecule has 1 unspecified atom stereocenters. The van der Waals surface area contributed by atoms with E-state index in [2.05, 4.69) is 4.74 Å². The zero-order valence-corrected chi connectivity index (χ0v) is 8.51. The summed E-state index contributed by atoms with van der Waals surface area (Å²) in [6, 6.07) is 0. The van der Waals surface area contributed by atoms with Gasteiger partial charge in [0.2, 0.25) is 0 Å². The number of carbonyl (C=O) groups is 1. The Morgan fingerprint density at radius 3 is 2.17 bits per heavy atom. The molecule has 0 aliphatic heterocycles. The van der Waals surface area contributed by atoms with Gasteiger partial charge in [-0.15, -0.1) is 0 Å². The maximum absolute atomic E-state index is 11.1. The predicted octanol–water partition coefficient (Wildman–Crippen LogP) is 1.75. The van der Waals surface area contributed by atoms with Crippen LogP contribution in [0.4, 0.5) is 0 Å². The molecule has 1 atom stereocenters. The van der Waals surface area contributed by atoms with Gasteiger partial charge in [0.25, 0.3) is 0 Å². The summed E-state index contributed by atoms with van der Waals surface area (Å²) in [5.41, 5.74) is -0.297. The minimum Gasteiger partial charge on any atom is -0.467 e. The van der Waals surface area contributed by atoms with Crippen molar-refractivity contribution >= 4 is 5.97 Å².